The fraction of sp³-hybridized carbons (Fsp3) is 0.606. The molecular formula is C71H101CoN16O18P. The van der Waals surface area contributed by atoms with Crippen molar-refractivity contribution in [1.29, 1.82) is 0 Å². The second kappa shape index (κ2) is 32.3. The Morgan fingerprint density at radius 2 is 1.36 bits per heavy atom. The summed E-state index contributed by atoms with van der Waals surface area (Å²) in [6.45, 7) is 22.6. The number of nitrogen functional groups attached to an aromatic ring is 1. The number of aliphatic imine (C=N–C) groups is 3. The molecule has 0 aliphatic carbocycles. The molecule has 7 aliphatic rings. The van der Waals surface area contributed by atoms with Gasteiger partial charge in [-0.2, -0.15) is 10.7 Å². The third-order valence-corrected chi connectivity index (χ3v) is 24.1. The number of aromatic nitrogens is 4. The quantitative estimate of drug-likeness (QED) is 0.0384. The van der Waals surface area contributed by atoms with Gasteiger partial charge in [0.05, 0.1) is 47.4 Å². The van der Waals surface area contributed by atoms with Crippen LogP contribution in [-0.4, -0.2) is 170 Å². The van der Waals surface area contributed by atoms with Gasteiger partial charge in [-0.05, 0) is 131 Å². The van der Waals surface area contributed by atoms with Crippen LogP contribution in [0.3, 0.4) is 0 Å². The molecule has 9 heterocycles. The van der Waals surface area contributed by atoms with Gasteiger partial charge in [0.25, 0.3) is 0 Å². The Balaban J connectivity index is 0.000000746. The van der Waals surface area contributed by atoms with Crippen molar-refractivity contribution in [3.63, 3.8) is 0 Å². The van der Waals surface area contributed by atoms with E-state index in [2.05, 4.69) is 22.2 Å². The molecule has 1 aromatic carbocycles. The minimum atomic E-state index is -5.07. The number of carbonyl (C=O) groups excluding carboxylic acids is 7. The van der Waals surface area contributed by atoms with Crippen LogP contribution in [-0.2, 0) is 73.4 Å². The van der Waals surface area contributed by atoms with Gasteiger partial charge in [0.1, 0.15) is 30.2 Å². The van der Waals surface area contributed by atoms with Gasteiger partial charge in [-0.1, -0.05) is 40.7 Å². The second-order valence-electron chi connectivity index (χ2n) is 30.6. The zero-order valence-corrected chi connectivity index (χ0v) is 63.8. The third-order valence-electron chi connectivity index (χ3n) is 23.0. The van der Waals surface area contributed by atoms with E-state index < -0.39 is 174 Å². The molecule has 7 amide bonds. The van der Waals surface area contributed by atoms with E-state index in [1.54, 1.807) is 11.5 Å². The summed E-state index contributed by atoms with van der Waals surface area (Å²) in [6, 6.07) is 4.09. The first kappa shape index (κ1) is 84.7. The molecule has 3 fully saturated rings. The monoisotopic (exact) mass is 1560 g/mol. The largest absolute Gasteiger partial charge is 2.00 e. The number of hydrogen-bond acceptors (Lipinski definition) is 23. The normalized spacial score (nSPS) is 33.2. The van der Waals surface area contributed by atoms with Gasteiger partial charge in [0.2, 0.25) is 41.4 Å². The van der Waals surface area contributed by atoms with Gasteiger partial charge in [-0.15, -0.1) is 0 Å². The van der Waals surface area contributed by atoms with Crippen molar-refractivity contribution < 1.29 is 98.7 Å². The van der Waals surface area contributed by atoms with Crippen molar-refractivity contribution >= 4 is 83.2 Å². The Morgan fingerprint density at radius 1 is 0.757 bits per heavy atom. The number of rotatable bonds is 27. The standard InChI is InChI=1S/C62H90N13O14P.C9H12N3O4.Co/c1-29-20-39-40(21-30(29)2)75(28-70-39)57-52(84)53(41(27-76)87-57)89-90(85,86)88-31(3)26-69-49(83)18-19-59(8)37(22-46(66)80)56-62(11)61(10,25-48(68)82)36(14-17-45(65)79)51(74-62)33(5)55-60(9,24-47(67)81)34(12-15-43(63)77)38(71-55)23-42-58(6,7)35(13-16-44(64)78)50(72-42)32(4)54(59)73-56;1-4-6(13)7(14)8(16-4)12-3-2-5(10)11-9(12)15;/h20-21,23,28,31,34-37,41,52-53,56-57,76,84H,12-19,22,24-27H2,1-11H3,(H15,63,64,65,66,67,68,69,71,72,73,74,77,78,79,80,81,82,83,85,86);2-4,6-8,13-14H,1H2,(H2,10,11,15);/q;-1;+2/p-1. The molecule has 7 aliphatic heterocycles. The van der Waals surface area contributed by atoms with E-state index in [-0.39, 0.29) is 99.8 Å². The number of aliphatic hydroxyl groups excluding tert-OH is 4. The summed E-state index contributed by atoms with van der Waals surface area (Å²) in [6.07, 6.45) is -7.25. The Morgan fingerprint density at radius 3 is 1.93 bits per heavy atom. The Kier molecular flexibility index (Phi) is 25.6. The fourth-order valence-electron chi connectivity index (χ4n) is 16.9. The third kappa shape index (κ3) is 16.8. The molecule has 8 bridgehead atoms. The number of carbonyl (C=O) groups is 7. The summed E-state index contributed by atoms with van der Waals surface area (Å²) < 4.78 is 38.5. The topological polar surface area (TPSA) is 573 Å². The van der Waals surface area contributed by atoms with E-state index >= 15 is 0 Å². The van der Waals surface area contributed by atoms with E-state index in [0.717, 1.165) is 15.7 Å². The van der Waals surface area contributed by atoms with E-state index in [4.69, 9.17) is 79.0 Å². The van der Waals surface area contributed by atoms with Gasteiger partial charge < -0.3 is 97.1 Å². The van der Waals surface area contributed by atoms with Crippen molar-refractivity contribution in [1.82, 2.24) is 24.4 Å². The predicted octanol–water partition coefficient (Wildman–Crippen LogP) is 2.22. The minimum Gasteiger partial charge on any atom is -0.682 e. The van der Waals surface area contributed by atoms with E-state index in [1.807, 2.05) is 80.5 Å². The maximum absolute atomic E-state index is 14.4. The molecular weight excluding hydrogens is 1450 g/mol. The number of nitrogens with zero attached hydrogens (tertiary/aromatic N) is 8. The van der Waals surface area contributed by atoms with Crippen LogP contribution in [0.15, 0.2) is 84.8 Å². The summed E-state index contributed by atoms with van der Waals surface area (Å²) in [5.41, 5.74) is 41.5. The fourth-order valence-corrected chi connectivity index (χ4v) is 18.1. The molecule has 36 heteroatoms. The number of allylic oxidation sites excluding steroid dienone is 6. The molecule has 0 saturated carbocycles. The number of ether oxygens (including phenoxy) is 2. The number of primary amides is 6. The van der Waals surface area contributed by atoms with Crippen LogP contribution in [0.2, 0.25) is 0 Å². The molecule has 1 radical (unpaired) electrons. The van der Waals surface area contributed by atoms with Crippen LogP contribution >= 0.6 is 7.82 Å². The molecule has 19 unspecified atom stereocenters. The first-order valence-electron chi connectivity index (χ1n) is 35.2. The minimum absolute atomic E-state index is 0. The molecule has 2 aromatic heterocycles. The number of anilines is 1. The average Bonchev–Trinajstić information content (AvgIpc) is 1.52. The average molecular weight is 1560 g/mol. The van der Waals surface area contributed by atoms with E-state index in [0.29, 0.717) is 56.4 Å². The maximum Gasteiger partial charge on any atom is 2.00 e. The summed E-state index contributed by atoms with van der Waals surface area (Å²) >= 11 is 0. The van der Waals surface area contributed by atoms with Crippen LogP contribution in [0.25, 0.3) is 16.4 Å². The van der Waals surface area contributed by atoms with Gasteiger partial charge in [0, 0.05) is 115 Å². The maximum atomic E-state index is 14.4. The summed E-state index contributed by atoms with van der Waals surface area (Å²) in [7, 11) is -5.07. The first-order chi connectivity index (χ1) is 49.3. The smallest absolute Gasteiger partial charge is 0.682 e. The number of amides is 7. The van der Waals surface area contributed by atoms with Crippen molar-refractivity contribution in [3.05, 3.63) is 98.9 Å². The summed E-state index contributed by atoms with van der Waals surface area (Å²) in [5.74, 6) is -7.26. The molecule has 107 heavy (non-hydrogen) atoms. The zero-order valence-electron chi connectivity index (χ0n) is 61.9. The summed E-state index contributed by atoms with van der Waals surface area (Å²) in [4.78, 5) is 140. The molecule has 20 N–H and O–H groups in total. The van der Waals surface area contributed by atoms with E-state index in [9.17, 15) is 68.2 Å². The number of fused-ring (bicyclic) bond motifs is 7. The number of phosphoric ester groups is 1. The van der Waals surface area contributed by atoms with Crippen LogP contribution in [0.5, 0.6) is 0 Å². The van der Waals surface area contributed by atoms with E-state index in [1.165, 1.54) is 25.5 Å². The molecule has 587 valence electrons. The van der Waals surface area contributed by atoms with Crippen LogP contribution < -0.4 is 51.1 Å². The van der Waals surface area contributed by atoms with Gasteiger partial charge in [-0.25, -0.2) is 14.3 Å². The molecule has 0 spiro atoms. The number of benzene rings is 1. The number of hydrogen-bond donors (Lipinski definition) is 13. The molecule has 3 aromatic rings. The number of nitrogens with two attached hydrogens (primary N) is 7. The predicted molar refractivity (Wildman–Crippen MR) is 388 cm³/mol. The van der Waals surface area contributed by atoms with Gasteiger partial charge in [-0.3, -0.25) is 62.2 Å². The number of imidazole rings is 1. The number of phosphoric acid groups is 1. The molecule has 3 saturated heterocycles. The SMILES string of the molecule is CC1=C2N=C(/C=C3N=C(/C(C)=C4\[N-]C(C(CC(N)=O)C4(C)CCC(=O)NCC(C)OP(=O)(O)OC4C(CO)OC(n5cnc6cc(C)c(C)cc65)C4O)C4(C)N=C1C(CCC(N)=O)C4(C)CC(N)=O)C(CCC(N)=O)C\3(C)C)C(CCC(N)=O)C2(C)CC(N)=O.[CH2-]C1OC(n2ccc(N)nc2=O)C(O)C1O.[Co+2]. The van der Waals surface area contributed by atoms with Crippen LogP contribution in [0, 0.1) is 66.1 Å². The van der Waals surface area contributed by atoms with Crippen molar-refractivity contribution in [2.45, 2.75) is 214 Å². The van der Waals surface area contributed by atoms with Crippen LogP contribution in [0.4, 0.5) is 5.82 Å². The van der Waals surface area contributed by atoms with Gasteiger partial charge >= 0.3 is 30.3 Å². The molecule has 34 nitrogen and oxygen atoms in total. The number of nitrogens with one attached hydrogen (secondary N) is 1. The van der Waals surface area contributed by atoms with Gasteiger partial charge in [0.15, 0.2) is 12.5 Å². The van der Waals surface area contributed by atoms with Crippen molar-refractivity contribution in [2.24, 2.45) is 94.7 Å². The van der Waals surface area contributed by atoms with Crippen molar-refractivity contribution in [2.75, 3.05) is 18.9 Å². The Labute approximate surface area is 629 Å². The molecule has 19 atom stereocenters. The molecule has 10 rings (SSSR count). The number of aliphatic hydroxyl groups is 4. The number of aryl methyl sites for hydroxylation is 2. The second-order valence-corrected chi connectivity index (χ2v) is 32.0. The zero-order chi connectivity index (χ0) is 78.6. The Hall–Kier alpha value is -7.93. The summed E-state index contributed by atoms with van der Waals surface area (Å²) in [5, 5.41) is 49.3. The van der Waals surface area contributed by atoms with Crippen LogP contribution in [0.1, 0.15) is 157 Å². The Bertz CT molecular complexity index is 4330. The first-order valence-corrected chi connectivity index (χ1v) is 36.7. The van der Waals surface area contributed by atoms with Crippen molar-refractivity contribution in [3.8, 4) is 0 Å².